The number of amides is 1. The van der Waals surface area contributed by atoms with Gasteiger partial charge < -0.3 is 11.1 Å². The normalized spacial score (nSPS) is 14.8. The molecule has 2 aromatic rings. The second-order valence-corrected chi connectivity index (χ2v) is 6.44. The third-order valence-electron chi connectivity index (χ3n) is 3.94. The maximum atomic E-state index is 12.4. The van der Waals surface area contributed by atoms with E-state index in [1.165, 1.54) is 0 Å². The van der Waals surface area contributed by atoms with Crippen LogP contribution in [0.15, 0.2) is 48.5 Å². The van der Waals surface area contributed by atoms with Gasteiger partial charge in [-0.05, 0) is 30.2 Å². The summed E-state index contributed by atoms with van der Waals surface area (Å²) in [7, 11) is 0. The van der Waals surface area contributed by atoms with Gasteiger partial charge in [0.2, 0.25) is 5.91 Å². The third kappa shape index (κ3) is 4.47. The number of hydrogen-bond acceptors (Lipinski definition) is 2. The smallest absolute Gasteiger partial charge is 0.225 e. The first-order chi connectivity index (χ1) is 10.9. The molecule has 3 atom stereocenters. The van der Waals surface area contributed by atoms with Crippen LogP contribution in [0.4, 0.5) is 0 Å². The predicted octanol–water partition coefficient (Wildman–Crippen LogP) is 4.51. The highest BCUT2D eigenvalue weighted by molar-refractivity contribution is 6.42. The van der Waals surface area contributed by atoms with Gasteiger partial charge in [0.05, 0.1) is 22.0 Å². The summed E-state index contributed by atoms with van der Waals surface area (Å²) in [4.78, 5) is 12.4. The molecule has 3 unspecified atom stereocenters. The van der Waals surface area contributed by atoms with Crippen molar-refractivity contribution < 1.29 is 4.79 Å². The van der Waals surface area contributed by atoms with E-state index in [1.807, 2.05) is 50.2 Å². The molecule has 122 valence electrons. The quantitative estimate of drug-likeness (QED) is 0.833. The highest BCUT2D eigenvalue weighted by Gasteiger charge is 2.23. The van der Waals surface area contributed by atoms with Crippen molar-refractivity contribution in [1.29, 1.82) is 0 Å². The molecular weight excluding hydrogens is 331 g/mol. The lowest BCUT2D eigenvalue weighted by Crippen LogP contribution is -2.36. The molecule has 2 aromatic carbocycles. The van der Waals surface area contributed by atoms with Crippen LogP contribution in [0.25, 0.3) is 0 Å². The summed E-state index contributed by atoms with van der Waals surface area (Å²) in [5.74, 6) is -0.442. The Morgan fingerprint density at radius 2 is 1.65 bits per heavy atom. The molecule has 2 rings (SSSR count). The zero-order valence-electron chi connectivity index (χ0n) is 13.1. The summed E-state index contributed by atoms with van der Waals surface area (Å²) in [6, 6.07) is 14.4. The molecule has 1 amide bonds. The molecular formula is C18H20Cl2N2O. The topological polar surface area (TPSA) is 55.1 Å². The number of halogens is 2. The lowest BCUT2D eigenvalue weighted by atomic mass is 9.94. The summed E-state index contributed by atoms with van der Waals surface area (Å²) in [6.45, 7) is 3.73. The molecule has 0 bridgehead atoms. The predicted molar refractivity (Wildman–Crippen MR) is 95.6 cm³/mol. The average Bonchev–Trinajstić information content (AvgIpc) is 2.56. The maximum Gasteiger partial charge on any atom is 0.225 e. The van der Waals surface area contributed by atoms with Crippen molar-refractivity contribution in [3.05, 3.63) is 69.7 Å². The van der Waals surface area contributed by atoms with Crippen molar-refractivity contribution >= 4 is 29.1 Å². The zero-order chi connectivity index (χ0) is 17.0. The van der Waals surface area contributed by atoms with Crippen molar-refractivity contribution in [3.8, 4) is 0 Å². The zero-order valence-corrected chi connectivity index (χ0v) is 14.6. The molecule has 0 spiro atoms. The Kier molecular flexibility index (Phi) is 6.05. The Morgan fingerprint density at radius 3 is 2.26 bits per heavy atom. The van der Waals surface area contributed by atoms with Crippen molar-refractivity contribution in [2.45, 2.75) is 25.9 Å². The molecule has 0 aromatic heterocycles. The molecule has 0 aliphatic heterocycles. The van der Waals surface area contributed by atoms with E-state index in [4.69, 9.17) is 28.9 Å². The van der Waals surface area contributed by atoms with Crippen molar-refractivity contribution in [1.82, 2.24) is 5.32 Å². The van der Waals surface area contributed by atoms with Crippen LogP contribution < -0.4 is 11.1 Å². The van der Waals surface area contributed by atoms with Gasteiger partial charge in [-0.2, -0.15) is 0 Å². The highest BCUT2D eigenvalue weighted by Crippen LogP contribution is 2.26. The first kappa shape index (κ1) is 17.8. The number of hydrogen-bond donors (Lipinski definition) is 2. The fraction of sp³-hybridized carbons (Fsp3) is 0.278. The van der Waals surface area contributed by atoms with E-state index in [0.717, 1.165) is 11.1 Å². The number of carbonyl (C=O) groups is 1. The molecule has 3 N–H and O–H groups in total. The molecule has 23 heavy (non-hydrogen) atoms. The SMILES string of the molecule is CC(NC(=O)C(C)C(N)c1ccccc1)c1ccc(Cl)c(Cl)c1. The summed E-state index contributed by atoms with van der Waals surface area (Å²) in [5, 5.41) is 3.94. The van der Waals surface area contributed by atoms with Crippen LogP contribution in [0.1, 0.15) is 37.1 Å². The van der Waals surface area contributed by atoms with Gasteiger partial charge in [-0.15, -0.1) is 0 Å². The van der Waals surface area contributed by atoms with E-state index in [1.54, 1.807) is 12.1 Å². The number of nitrogens with two attached hydrogens (primary N) is 1. The Bertz CT molecular complexity index is 676. The largest absolute Gasteiger partial charge is 0.349 e. The highest BCUT2D eigenvalue weighted by atomic mass is 35.5. The van der Waals surface area contributed by atoms with Gasteiger partial charge in [-0.25, -0.2) is 0 Å². The van der Waals surface area contributed by atoms with Gasteiger partial charge in [0.15, 0.2) is 0 Å². The van der Waals surface area contributed by atoms with Gasteiger partial charge in [0, 0.05) is 6.04 Å². The molecule has 0 saturated heterocycles. The number of carbonyl (C=O) groups excluding carboxylic acids is 1. The van der Waals surface area contributed by atoms with Crippen molar-refractivity contribution in [2.24, 2.45) is 11.7 Å². The third-order valence-corrected chi connectivity index (χ3v) is 4.68. The standard InChI is InChI=1S/C18H20Cl2N2O/c1-11(17(21)13-6-4-3-5-7-13)18(23)22-12(2)14-8-9-15(19)16(20)10-14/h3-12,17H,21H2,1-2H3,(H,22,23). The number of benzene rings is 2. The fourth-order valence-corrected chi connectivity index (χ4v) is 2.64. The molecule has 0 fully saturated rings. The minimum Gasteiger partial charge on any atom is -0.349 e. The van der Waals surface area contributed by atoms with Crippen LogP contribution in [-0.2, 0) is 4.79 Å². The lowest BCUT2D eigenvalue weighted by Gasteiger charge is -2.22. The first-order valence-electron chi connectivity index (χ1n) is 7.46. The molecule has 0 radical (unpaired) electrons. The second-order valence-electron chi connectivity index (χ2n) is 5.63. The monoisotopic (exact) mass is 350 g/mol. The van der Waals surface area contributed by atoms with Gasteiger partial charge in [0.1, 0.15) is 0 Å². The van der Waals surface area contributed by atoms with Gasteiger partial charge in [-0.1, -0.05) is 66.5 Å². The molecule has 5 heteroatoms. The Morgan fingerprint density at radius 1 is 1.00 bits per heavy atom. The molecule has 0 aliphatic carbocycles. The van der Waals surface area contributed by atoms with Crippen LogP contribution in [0.2, 0.25) is 10.0 Å². The van der Waals surface area contributed by atoms with Crippen molar-refractivity contribution in [3.63, 3.8) is 0 Å². The summed E-state index contributed by atoms with van der Waals surface area (Å²) in [5.41, 5.74) is 8.04. The van der Waals surface area contributed by atoms with Crippen LogP contribution in [0, 0.1) is 5.92 Å². The minimum atomic E-state index is -0.350. The van der Waals surface area contributed by atoms with Crippen LogP contribution in [0.5, 0.6) is 0 Å². The minimum absolute atomic E-state index is 0.0973. The van der Waals surface area contributed by atoms with Gasteiger partial charge in [0.25, 0.3) is 0 Å². The Hall–Kier alpha value is -1.55. The maximum absolute atomic E-state index is 12.4. The van der Waals surface area contributed by atoms with Crippen LogP contribution in [0.3, 0.4) is 0 Å². The summed E-state index contributed by atoms with van der Waals surface area (Å²) >= 11 is 11.9. The summed E-state index contributed by atoms with van der Waals surface area (Å²) < 4.78 is 0. The second kappa shape index (κ2) is 7.82. The van der Waals surface area contributed by atoms with Gasteiger partial charge in [-0.3, -0.25) is 4.79 Å². The van der Waals surface area contributed by atoms with Crippen molar-refractivity contribution in [2.75, 3.05) is 0 Å². The van der Waals surface area contributed by atoms with Crippen LogP contribution >= 0.6 is 23.2 Å². The first-order valence-corrected chi connectivity index (χ1v) is 8.21. The molecule has 0 aliphatic rings. The van der Waals surface area contributed by atoms with E-state index in [0.29, 0.717) is 10.0 Å². The molecule has 3 nitrogen and oxygen atoms in total. The van der Waals surface area contributed by atoms with Crippen LogP contribution in [-0.4, -0.2) is 5.91 Å². The van der Waals surface area contributed by atoms with E-state index < -0.39 is 0 Å². The van der Waals surface area contributed by atoms with E-state index in [2.05, 4.69) is 5.32 Å². The summed E-state index contributed by atoms with van der Waals surface area (Å²) in [6.07, 6.45) is 0. The fourth-order valence-electron chi connectivity index (χ4n) is 2.34. The molecule has 0 heterocycles. The Balaban J connectivity index is 2.04. The van der Waals surface area contributed by atoms with E-state index >= 15 is 0 Å². The lowest BCUT2D eigenvalue weighted by molar-refractivity contribution is -0.125. The molecule has 0 saturated carbocycles. The Labute approximate surface area is 146 Å². The van der Waals surface area contributed by atoms with Gasteiger partial charge >= 0.3 is 0 Å². The number of rotatable bonds is 5. The van der Waals surface area contributed by atoms with E-state index in [9.17, 15) is 4.79 Å². The number of nitrogens with one attached hydrogen (secondary N) is 1. The average molecular weight is 351 g/mol. The van der Waals surface area contributed by atoms with E-state index in [-0.39, 0.29) is 23.9 Å².